The number of hydrogen-bond donors (Lipinski definition) is 1. The Hall–Kier alpha value is -1.35. The zero-order valence-corrected chi connectivity index (χ0v) is 12.3. The lowest BCUT2D eigenvalue weighted by atomic mass is 9.94. The molecule has 106 valence electrons. The van der Waals surface area contributed by atoms with E-state index >= 15 is 0 Å². The van der Waals surface area contributed by atoms with E-state index in [1.165, 1.54) is 0 Å². The molecule has 1 aromatic carbocycles. The smallest absolute Gasteiger partial charge is 0.222 e. The Morgan fingerprint density at radius 1 is 1.26 bits per heavy atom. The third-order valence-electron chi connectivity index (χ3n) is 3.29. The first kappa shape index (κ1) is 15.7. The van der Waals surface area contributed by atoms with Gasteiger partial charge in [-0.1, -0.05) is 44.2 Å². The molecule has 1 rings (SSSR count). The molecule has 0 aromatic heterocycles. The van der Waals surface area contributed by atoms with Crippen molar-refractivity contribution in [1.82, 2.24) is 4.90 Å². The van der Waals surface area contributed by atoms with Crippen molar-refractivity contribution in [3.63, 3.8) is 0 Å². The van der Waals surface area contributed by atoms with E-state index in [0.717, 1.165) is 12.0 Å². The van der Waals surface area contributed by atoms with Crippen molar-refractivity contribution in [2.24, 2.45) is 17.6 Å². The van der Waals surface area contributed by atoms with Gasteiger partial charge in [-0.05, 0) is 30.4 Å². The molecule has 0 heterocycles. The SMILES string of the molecule is CC(C)CC(CN)CC(=O)N(C)Cc1ccccc1. The Bertz CT molecular complexity index is 376. The van der Waals surface area contributed by atoms with Crippen LogP contribution in [0.4, 0.5) is 0 Å². The molecule has 0 fully saturated rings. The maximum absolute atomic E-state index is 12.2. The molecule has 1 aromatic rings. The number of hydrogen-bond acceptors (Lipinski definition) is 2. The fraction of sp³-hybridized carbons (Fsp3) is 0.562. The van der Waals surface area contributed by atoms with Crippen molar-refractivity contribution >= 4 is 5.91 Å². The molecule has 3 heteroatoms. The van der Waals surface area contributed by atoms with Crippen LogP contribution in [0.3, 0.4) is 0 Å². The Labute approximate surface area is 116 Å². The van der Waals surface area contributed by atoms with Crippen LogP contribution < -0.4 is 5.73 Å². The first-order valence-corrected chi connectivity index (χ1v) is 7.00. The van der Waals surface area contributed by atoms with E-state index in [9.17, 15) is 4.79 Å². The fourth-order valence-electron chi connectivity index (χ4n) is 2.28. The van der Waals surface area contributed by atoms with Gasteiger partial charge in [-0.25, -0.2) is 0 Å². The molecule has 0 bridgehead atoms. The predicted molar refractivity (Wildman–Crippen MR) is 79.5 cm³/mol. The lowest BCUT2D eigenvalue weighted by Crippen LogP contribution is -2.30. The van der Waals surface area contributed by atoms with Crippen molar-refractivity contribution in [2.75, 3.05) is 13.6 Å². The van der Waals surface area contributed by atoms with Gasteiger partial charge < -0.3 is 10.6 Å². The maximum atomic E-state index is 12.2. The van der Waals surface area contributed by atoms with Crippen LogP contribution in [0.15, 0.2) is 30.3 Å². The van der Waals surface area contributed by atoms with Crippen LogP contribution in [-0.4, -0.2) is 24.4 Å². The topological polar surface area (TPSA) is 46.3 Å². The quantitative estimate of drug-likeness (QED) is 0.821. The summed E-state index contributed by atoms with van der Waals surface area (Å²) in [6.07, 6.45) is 1.57. The summed E-state index contributed by atoms with van der Waals surface area (Å²) in [5, 5.41) is 0. The van der Waals surface area contributed by atoms with Crippen LogP contribution in [0.1, 0.15) is 32.3 Å². The van der Waals surface area contributed by atoms with Crippen molar-refractivity contribution in [1.29, 1.82) is 0 Å². The summed E-state index contributed by atoms with van der Waals surface area (Å²) in [6, 6.07) is 10.1. The van der Waals surface area contributed by atoms with Crippen molar-refractivity contribution in [3.8, 4) is 0 Å². The van der Waals surface area contributed by atoms with E-state index in [2.05, 4.69) is 13.8 Å². The summed E-state index contributed by atoms with van der Waals surface area (Å²) < 4.78 is 0. The predicted octanol–water partition coefficient (Wildman–Crippen LogP) is 2.66. The molecule has 1 amide bonds. The Morgan fingerprint density at radius 2 is 1.89 bits per heavy atom. The molecule has 0 radical (unpaired) electrons. The van der Waals surface area contributed by atoms with Crippen molar-refractivity contribution in [3.05, 3.63) is 35.9 Å². The van der Waals surface area contributed by atoms with E-state index in [1.807, 2.05) is 37.4 Å². The van der Waals surface area contributed by atoms with Gasteiger partial charge >= 0.3 is 0 Å². The molecule has 3 nitrogen and oxygen atoms in total. The molecule has 2 N–H and O–H groups in total. The molecule has 1 unspecified atom stereocenters. The zero-order valence-electron chi connectivity index (χ0n) is 12.3. The molecular weight excluding hydrogens is 236 g/mol. The van der Waals surface area contributed by atoms with E-state index in [4.69, 9.17) is 5.73 Å². The highest BCUT2D eigenvalue weighted by Crippen LogP contribution is 2.16. The fourth-order valence-corrected chi connectivity index (χ4v) is 2.28. The van der Waals surface area contributed by atoms with Crippen molar-refractivity contribution in [2.45, 2.75) is 33.2 Å². The standard InChI is InChI=1S/C16H26N2O/c1-13(2)9-15(11-17)10-16(19)18(3)12-14-7-5-4-6-8-14/h4-8,13,15H,9-12,17H2,1-3H3. The van der Waals surface area contributed by atoms with Gasteiger partial charge in [0.15, 0.2) is 0 Å². The third-order valence-corrected chi connectivity index (χ3v) is 3.29. The normalized spacial score (nSPS) is 12.5. The lowest BCUT2D eigenvalue weighted by molar-refractivity contribution is -0.131. The van der Waals surface area contributed by atoms with Gasteiger partial charge in [0.1, 0.15) is 0 Å². The highest BCUT2D eigenvalue weighted by molar-refractivity contribution is 5.76. The summed E-state index contributed by atoms with van der Waals surface area (Å²) in [4.78, 5) is 14.0. The zero-order chi connectivity index (χ0) is 14.3. The average molecular weight is 262 g/mol. The van der Waals surface area contributed by atoms with E-state index in [0.29, 0.717) is 31.3 Å². The molecule has 0 saturated carbocycles. The summed E-state index contributed by atoms with van der Waals surface area (Å²) in [5.41, 5.74) is 6.91. The van der Waals surface area contributed by atoms with Gasteiger partial charge in [0.25, 0.3) is 0 Å². The maximum Gasteiger partial charge on any atom is 0.222 e. The van der Waals surface area contributed by atoms with E-state index in [-0.39, 0.29) is 5.91 Å². The minimum atomic E-state index is 0.181. The first-order chi connectivity index (χ1) is 9.02. The monoisotopic (exact) mass is 262 g/mol. The second kappa shape index (κ2) is 7.95. The second-order valence-electron chi connectivity index (χ2n) is 5.67. The Balaban J connectivity index is 2.48. The summed E-state index contributed by atoms with van der Waals surface area (Å²) in [6.45, 7) is 5.59. The van der Waals surface area contributed by atoms with Crippen molar-refractivity contribution < 1.29 is 4.79 Å². The average Bonchev–Trinajstić information content (AvgIpc) is 2.38. The minimum absolute atomic E-state index is 0.181. The number of carbonyl (C=O) groups is 1. The first-order valence-electron chi connectivity index (χ1n) is 7.00. The number of carbonyl (C=O) groups excluding carboxylic acids is 1. The van der Waals surface area contributed by atoms with Crippen LogP contribution in [0.2, 0.25) is 0 Å². The van der Waals surface area contributed by atoms with Gasteiger partial charge in [0.05, 0.1) is 0 Å². The summed E-state index contributed by atoms with van der Waals surface area (Å²) >= 11 is 0. The Morgan fingerprint density at radius 3 is 2.42 bits per heavy atom. The third kappa shape index (κ3) is 5.88. The van der Waals surface area contributed by atoms with Gasteiger partial charge in [-0.15, -0.1) is 0 Å². The number of rotatable bonds is 7. The molecule has 19 heavy (non-hydrogen) atoms. The number of nitrogens with zero attached hydrogens (tertiary/aromatic N) is 1. The van der Waals surface area contributed by atoms with Gasteiger partial charge in [-0.3, -0.25) is 4.79 Å². The number of amides is 1. The lowest BCUT2D eigenvalue weighted by Gasteiger charge is -2.22. The highest BCUT2D eigenvalue weighted by atomic mass is 16.2. The van der Waals surface area contributed by atoms with Gasteiger partial charge in [0.2, 0.25) is 5.91 Å². The molecule has 0 aliphatic heterocycles. The summed E-state index contributed by atoms with van der Waals surface area (Å²) in [7, 11) is 1.86. The van der Waals surface area contributed by atoms with Crippen LogP contribution in [-0.2, 0) is 11.3 Å². The van der Waals surface area contributed by atoms with Crippen LogP contribution in [0.5, 0.6) is 0 Å². The molecule has 1 atom stereocenters. The minimum Gasteiger partial charge on any atom is -0.341 e. The second-order valence-corrected chi connectivity index (χ2v) is 5.67. The van der Waals surface area contributed by atoms with Crippen LogP contribution in [0.25, 0.3) is 0 Å². The Kier molecular flexibility index (Phi) is 6.57. The van der Waals surface area contributed by atoms with Gasteiger partial charge in [-0.2, -0.15) is 0 Å². The highest BCUT2D eigenvalue weighted by Gasteiger charge is 2.17. The molecule has 0 spiro atoms. The van der Waals surface area contributed by atoms with Crippen LogP contribution in [0, 0.1) is 11.8 Å². The van der Waals surface area contributed by atoms with E-state index < -0.39 is 0 Å². The van der Waals surface area contributed by atoms with Crippen LogP contribution >= 0.6 is 0 Å². The number of benzene rings is 1. The van der Waals surface area contributed by atoms with Gasteiger partial charge in [0, 0.05) is 20.0 Å². The molecule has 0 aliphatic rings. The largest absolute Gasteiger partial charge is 0.341 e. The van der Waals surface area contributed by atoms with E-state index in [1.54, 1.807) is 4.90 Å². The number of nitrogens with two attached hydrogens (primary N) is 1. The molecule has 0 aliphatic carbocycles. The molecule has 0 saturated heterocycles. The summed E-state index contributed by atoms with van der Waals surface area (Å²) in [5.74, 6) is 1.06. The molecular formula is C16H26N2O.